The van der Waals surface area contributed by atoms with E-state index in [4.69, 9.17) is 4.74 Å². The van der Waals surface area contributed by atoms with Gasteiger partial charge >= 0.3 is 0 Å². The second kappa shape index (κ2) is 10.8. The number of benzene rings is 2. The van der Waals surface area contributed by atoms with Crippen LogP contribution in [0.2, 0.25) is 0 Å². The van der Waals surface area contributed by atoms with Crippen molar-refractivity contribution in [1.82, 2.24) is 10.2 Å². The van der Waals surface area contributed by atoms with Crippen molar-refractivity contribution in [3.63, 3.8) is 0 Å². The number of rotatable bonds is 9. The molecular formula is C24H31FN2O3. The van der Waals surface area contributed by atoms with Gasteiger partial charge in [0.25, 0.3) is 5.91 Å². The lowest BCUT2D eigenvalue weighted by Gasteiger charge is -2.31. The van der Waals surface area contributed by atoms with E-state index in [-0.39, 0.29) is 36.8 Å². The molecule has 0 fully saturated rings. The van der Waals surface area contributed by atoms with Crippen molar-refractivity contribution in [3.05, 3.63) is 65.0 Å². The van der Waals surface area contributed by atoms with Crippen LogP contribution in [0.25, 0.3) is 0 Å². The summed E-state index contributed by atoms with van der Waals surface area (Å²) in [6.07, 6.45) is 0.453. The van der Waals surface area contributed by atoms with Crippen LogP contribution in [0.5, 0.6) is 5.75 Å². The first kappa shape index (κ1) is 23.4. The van der Waals surface area contributed by atoms with Crippen LogP contribution in [0.3, 0.4) is 0 Å². The van der Waals surface area contributed by atoms with E-state index < -0.39 is 6.04 Å². The number of nitrogens with one attached hydrogen (secondary N) is 1. The van der Waals surface area contributed by atoms with Crippen LogP contribution in [-0.4, -0.2) is 35.4 Å². The molecule has 0 spiro atoms. The van der Waals surface area contributed by atoms with Gasteiger partial charge in [-0.1, -0.05) is 25.1 Å². The minimum absolute atomic E-state index is 0.0406. The Balaban J connectivity index is 2.21. The molecule has 0 aliphatic heterocycles. The van der Waals surface area contributed by atoms with Crippen molar-refractivity contribution in [1.29, 1.82) is 0 Å². The second-order valence-electron chi connectivity index (χ2n) is 7.77. The lowest BCUT2D eigenvalue weighted by Crippen LogP contribution is -2.51. The predicted molar refractivity (Wildman–Crippen MR) is 116 cm³/mol. The molecule has 0 saturated heterocycles. The summed E-state index contributed by atoms with van der Waals surface area (Å²) in [6, 6.07) is 10.9. The molecule has 5 nitrogen and oxygen atoms in total. The highest BCUT2D eigenvalue weighted by molar-refractivity contribution is 5.88. The first-order valence-corrected chi connectivity index (χ1v) is 10.3. The molecular weight excluding hydrogens is 383 g/mol. The van der Waals surface area contributed by atoms with Crippen LogP contribution in [0.4, 0.5) is 4.39 Å². The minimum atomic E-state index is -0.645. The molecule has 2 amide bonds. The van der Waals surface area contributed by atoms with Crippen LogP contribution in [0.15, 0.2) is 42.5 Å². The molecule has 0 aromatic heterocycles. The van der Waals surface area contributed by atoms with Gasteiger partial charge in [0.05, 0.1) is 0 Å². The zero-order valence-corrected chi connectivity index (χ0v) is 18.4. The number of halogens is 1. The van der Waals surface area contributed by atoms with Crippen LogP contribution < -0.4 is 10.1 Å². The largest absolute Gasteiger partial charge is 0.484 e. The van der Waals surface area contributed by atoms with E-state index in [1.54, 1.807) is 12.1 Å². The van der Waals surface area contributed by atoms with Crippen molar-refractivity contribution in [2.75, 3.05) is 6.61 Å². The Bertz CT molecular complexity index is 865. The van der Waals surface area contributed by atoms with Gasteiger partial charge in [0.1, 0.15) is 17.6 Å². The molecule has 0 bridgehead atoms. The molecule has 1 N–H and O–H groups in total. The molecule has 0 aliphatic carbocycles. The topological polar surface area (TPSA) is 58.6 Å². The van der Waals surface area contributed by atoms with Crippen molar-refractivity contribution >= 4 is 11.8 Å². The minimum Gasteiger partial charge on any atom is -0.484 e. The molecule has 1 atom stereocenters. The Morgan fingerprint density at radius 3 is 2.30 bits per heavy atom. The number of nitrogens with zero attached hydrogens (tertiary/aromatic N) is 1. The van der Waals surface area contributed by atoms with E-state index in [2.05, 4.69) is 5.32 Å². The predicted octanol–water partition coefficient (Wildman–Crippen LogP) is 4.15. The maximum atomic E-state index is 13.3. The van der Waals surface area contributed by atoms with E-state index in [9.17, 15) is 14.0 Å². The van der Waals surface area contributed by atoms with E-state index in [0.29, 0.717) is 12.2 Å². The molecule has 1 unspecified atom stereocenters. The molecule has 2 aromatic rings. The standard InChI is InChI=1S/C24H31FN2O3/c1-6-22(24(29)26-16(2)3)27(14-19-8-10-20(25)11-9-19)23(28)15-30-21-12-7-17(4)18(5)13-21/h7-13,16,22H,6,14-15H2,1-5H3,(H,26,29). The molecule has 0 saturated carbocycles. The highest BCUT2D eigenvalue weighted by atomic mass is 19.1. The molecule has 0 heterocycles. The fourth-order valence-electron chi connectivity index (χ4n) is 3.12. The lowest BCUT2D eigenvalue weighted by atomic mass is 10.1. The molecule has 6 heteroatoms. The second-order valence-corrected chi connectivity index (χ2v) is 7.77. The summed E-state index contributed by atoms with van der Waals surface area (Å²) >= 11 is 0. The molecule has 2 rings (SSSR count). The first-order valence-electron chi connectivity index (χ1n) is 10.3. The monoisotopic (exact) mass is 414 g/mol. The summed E-state index contributed by atoms with van der Waals surface area (Å²) in [5.74, 6) is -0.260. The van der Waals surface area contributed by atoms with E-state index in [1.807, 2.05) is 52.8 Å². The van der Waals surface area contributed by atoms with Crippen molar-refractivity contribution < 1.29 is 18.7 Å². The Morgan fingerprint density at radius 1 is 1.07 bits per heavy atom. The van der Waals surface area contributed by atoms with E-state index >= 15 is 0 Å². The fourth-order valence-corrected chi connectivity index (χ4v) is 3.12. The molecule has 162 valence electrons. The van der Waals surface area contributed by atoms with Crippen LogP contribution in [0.1, 0.15) is 43.9 Å². The van der Waals surface area contributed by atoms with Gasteiger partial charge in [-0.05, 0) is 75.1 Å². The van der Waals surface area contributed by atoms with Gasteiger partial charge in [-0.3, -0.25) is 9.59 Å². The number of aryl methyl sites for hydroxylation is 2. The maximum Gasteiger partial charge on any atom is 0.261 e. The molecule has 0 radical (unpaired) electrons. The third kappa shape index (κ3) is 6.58. The van der Waals surface area contributed by atoms with Crippen LogP contribution >= 0.6 is 0 Å². The van der Waals surface area contributed by atoms with Crippen LogP contribution in [0, 0.1) is 19.7 Å². The van der Waals surface area contributed by atoms with E-state index in [0.717, 1.165) is 16.7 Å². The van der Waals surface area contributed by atoms with Gasteiger partial charge in [0.15, 0.2) is 6.61 Å². The van der Waals surface area contributed by atoms with Gasteiger partial charge in [-0.25, -0.2) is 4.39 Å². The third-order valence-electron chi connectivity index (χ3n) is 4.92. The Labute approximate surface area is 178 Å². The molecule has 0 aliphatic rings. The summed E-state index contributed by atoms with van der Waals surface area (Å²) in [7, 11) is 0. The summed E-state index contributed by atoms with van der Waals surface area (Å²) in [5.41, 5.74) is 2.96. The maximum absolute atomic E-state index is 13.3. The number of ether oxygens (including phenoxy) is 1. The van der Waals surface area contributed by atoms with Gasteiger partial charge in [-0.2, -0.15) is 0 Å². The highest BCUT2D eigenvalue weighted by Gasteiger charge is 2.29. The summed E-state index contributed by atoms with van der Waals surface area (Å²) in [4.78, 5) is 27.3. The fraction of sp³-hybridized carbons (Fsp3) is 0.417. The summed E-state index contributed by atoms with van der Waals surface area (Å²) in [5, 5.41) is 2.88. The smallest absolute Gasteiger partial charge is 0.261 e. The highest BCUT2D eigenvalue weighted by Crippen LogP contribution is 2.18. The number of hydrogen-bond donors (Lipinski definition) is 1. The van der Waals surface area contributed by atoms with Crippen molar-refractivity contribution in [2.24, 2.45) is 0 Å². The zero-order chi connectivity index (χ0) is 22.3. The normalized spacial score (nSPS) is 11.8. The van der Waals surface area contributed by atoms with Gasteiger partial charge in [0, 0.05) is 12.6 Å². The number of hydrogen-bond acceptors (Lipinski definition) is 3. The van der Waals surface area contributed by atoms with Crippen molar-refractivity contribution in [3.8, 4) is 5.75 Å². The molecule has 2 aromatic carbocycles. The van der Waals surface area contributed by atoms with Crippen LogP contribution in [-0.2, 0) is 16.1 Å². The van der Waals surface area contributed by atoms with Crippen molar-refractivity contribution in [2.45, 2.75) is 59.7 Å². The lowest BCUT2D eigenvalue weighted by molar-refractivity contribution is -0.143. The molecule has 30 heavy (non-hydrogen) atoms. The number of carbonyl (C=O) groups excluding carboxylic acids is 2. The zero-order valence-electron chi connectivity index (χ0n) is 18.4. The number of carbonyl (C=O) groups is 2. The average molecular weight is 415 g/mol. The Kier molecular flexibility index (Phi) is 8.39. The van der Waals surface area contributed by atoms with Gasteiger partial charge in [-0.15, -0.1) is 0 Å². The Hall–Kier alpha value is -2.89. The average Bonchev–Trinajstić information content (AvgIpc) is 2.69. The first-order chi connectivity index (χ1) is 14.2. The Morgan fingerprint density at radius 2 is 1.73 bits per heavy atom. The number of amides is 2. The SMILES string of the molecule is CCC(C(=O)NC(C)C)N(Cc1ccc(F)cc1)C(=O)COc1ccc(C)c(C)c1. The van der Waals surface area contributed by atoms with Gasteiger partial charge in [0.2, 0.25) is 5.91 Å². The van der Waals surface area contributed by atoms with Gasteiger partial charge < -0.3 is 15.0 Å². The summed E-state index contributed by atoms with van der Waals surface area (Å²) in [6.45, 7) is 9.61. The quantitative estimate of drug-likeness (QED) is 0.671. The summed E-state index contributed by atoms with van der Waals surface area (Å²) < 4.78 is 19.0. The third-order valence-corrected chi connectivity index (χ3v) is 4.92. The van der Waals surface area contributed by atoms with E-state index in [1.165, 1.54) is 17.0 Å².